The molecule has 2 aromatic carbocycles. The van der Waals surface area contributed by atoms with Gasteiger partial charge < -0.3 is 5.32 Å². The Labute approximate surface area is 129 Å². The van der Waals surface area contributed by atoms with E-state index < -0.39 is 0 Å². The molecule has 0 aliphatic heterocycles. The minimum Gasteiger partial charge on any atom is -0.332 e. The summed E-state index contributed by atoms with van der Waals surface area (Å²) >= 11 is 5.10. The predicted molar refractivity (Wildman–Crippen MR) is 91.0 cm³/mol. The summed E-state index contributed by atoms with van der Waals surface area (Å²) in [6.07, 6.45) is 3.20. The number of carbonyl (C=O) groups is 1. The Morgan fingerprint density at radius 2 is 1.71 bits per heavy atom. The Morgan fingerprint density at radius 1 is 1.05 bits per heavy atom. The summed E-state index contributed by atoms with van der Waals surface area (Å²) in [6, 6.07) is 17.4. The Hall–Kier alpha value is -2.46. The molecule has 2 aromatic rings. The van der Waals surface area contributed by atoms with Crippen LogP contribution in [0, 0.1) is 6.92 Å². The van der Waals surface area contributed by atoms with E-state index >= 15 is 0 Å². The third kappa shape index (κ3) is 5.20. The van der Waals surface area contributed by atoms with Crippen molar-refractivity contribution >= 4 is 35.0 Å². The minimum absolute atomic E-state index is 0.261. The molecule has 106 valence electrons. The molecule has 2 N–H and O–H groups in total. The van der Waals surface area contributed by atoms with Crippen molar-refractivity contribution in [1.82, 2.24) is 5.32 Å². The standard InChI is InChI=1S/C17H16N2OS/c1-13-7-10-15(11-8-13)18-17(21)19-16(20)12-9-14-5-3-2-4-6-14/h2-12H,1H3,(H2,18,19,20,21)/b12-9+. The topological polar surface area (TPSA) is 41.1 Å². The monoisotopic (exact) mass is 296 g/mol. The van der Waals surface area contributed by atoms with E-state index in [0.717, 1.165) is 11.3 Å². The van der Waals surface area contributed by atoms with Gasteiger partial charge >= 0.3 is 0 Å². The van der Waals surface area contributed by atoms with Crippen LogP contribution in [0.25, 0.3) is 6.08 Å². The van der Waals surface area contributed by atoms with Crippen LogP contribution >= 0.6 is 12.2 Å². The van der Waals surface area contributed by atoms with E-state index in [2.05, 4.69) is 10.6 Å². The molecule has 0 aliphatic carbocycles. The zero-order valence-electron chi connectivity index (χ0n) is 11.7. The number of aryl methyl sites for hydroxylation is 1. The fraction of sp³-hybridized carbons (Fsp3) is 0.0588. The molecule has 0 atom stereocenters. The third-order valence-corrected chi connectivity index (χ3v) is 2.98. The number of carbonyl (C=O) groups excluding carboxylic acids is 1. The first-order valence-corrected chi connectivity index (χ1v) is 6.96. The molecule has 0 spiro atoms. The number of thiocarbonyl (C=S) groups is 1. The third-order valence-electron chi connectivity index (χ3n) is 2.77. The summed E-state index contributed by atoms with van der Waals surface area (Å²) in [7, 11) is 0. The van der Waals surface area contributed by atoms with E-state index in [4.69, 9.17) is 12.2 Å². The van der Waals surface area contributed by atoms with Crippen molar-refractivity contribution in [2.45, 2.75) is 6.92 Å². The fourth-order valence-electron chi connectivity index (χ4n) is 1.69. The van der Waals surface area contributed by atoms with Gasteiger partial charge in [0.05, 0.1) is 0 Å². The molecule has 3 nitrogen and oxygen atoms in total. The van der Waals surface area contributed by atoms with Crippen molar-refractivity contribution in [3.63, 3.8) is 0 Å². The highest BCUT2D eigenvalue weighted by atomic mass is 32.1. The molecule has 0 aliphatic rings. The van der Waals surface area contributed by atoms with E-state index in [-0.39, 0.29) is 11.0 Å². The molecule has 0 heterocycles. The number of rotatable bonds is 3. The first kappa shape index (κ1) is 14.9. The molecule has 0 aromatic heterocycles. The molecule has 0 saturated carbocycles. The van der Waals surface area contributed by atoms with Crippen molar-refractivity contribution in [1.29, 1.82) is 0 Å². The number of nitrogens with one attached hydrogen (secondary N) is 2. The van der Waals surface area contributed by atoms with Gasteiger partial charge in [0.1, 0.15) is 0 Å². The van der Waals surface area contributed by atoms with Gasteiger partial charge in [-0.3, -0.25) is 10.1 Å². The molecular weight excluding hydrogens is 280 g/mol. The van der Waals surface area contributed by atoms with Crippen LogP contribution in [0.3, 0.4) is 0 Å². The first-order chi connectivity index (χ1) is 10.1. The normalized spacial score (nSPS) is 10.3. The molecular formula is C17H16N2OS. The van der Waals surface area contributed by atoms with Crippen LogP contribution in [0.4, 0.5) is 5.69 Å². The molecule has 4 heteroatoms. The van der Waals surface area contributed by atoms with Crippen LogP contribution in [-0.4, -0.2) is 11.0 Å². The average molecular weight is 296 g/mol. The number of amides is 1. The average Bonchev–Trinajstić information content (AvgIpc) is 2.48. The van der Waals surface area contributed by atoms with Crippen LogP contribution in [-0.2, 0) is 4.79 Å². The molecule has 0 radical (unpaired) electrons. The van der Waals surface area contributed by atoms with Crippen molar-refractivity contribution < 1.29 is 4.79 Å². The Bertz CT molecular complexity index is 648. The molecule has 1 amide bonds. The number of benzene rings is 2. The summed E-state index contributed by atoms with van der Waals surface area (Å²) in [4.78, 5) is 11.7. The predicted octanol–water partition coefficient (Wildman–Crippen LogP) is 3.52. The summed E-state index contributed by atoms with van der Waals surface area (Å²) in [5, 5.41) is 5.85. The second-order valence-corrected chi connectivity index (χ2v) is 4.96. The Balaban J connectivity index is 1.86. The zero-order valence-corrected chi connectivity index (χ0v) is 12.5. The van der Waals surface area contributed by atoms with E-state index in [9.17, 15) is 4.79 Å². The highest BCUT2D eigenvalue weighted by molar-refractivity contribution is 7.80. The lowest BCUT2D eigenvalue weighted by atomic mass is 10.2. The summed E-state index contributed by atoms with van der Waals surface area (Å²) in [5.41, 5.74) is 2.98. The van der Waals surface area contributed by atoms with Gasteiger partial charge in [-0.1, -0.05) is 48.0 Å². The number of anilines is 1. The number of hydrogen-bond acceptors (Lipinski definition) is 2. The minimum atomic E-state index is -0.261. The van der Waals surface area contributed by atoms with Gasteiger partial charge in [-0.2, -0.15) is 0 Å². The Kier molecular flexibility index (Phi) is 5.23. The lowest BCUT2D eigenvalue weighted by Crippen LogP contribution is -2.32. The molecule has 21 heavy (non-hydrogen) atoms. The van der Waals surface area contributed by atoms with Crippen LogP contribution in [0.5, 0.6) is 0 Å². The van der Waals surface area contributed by atoms with Gasteiger partial charge in [0.2, 0.25) is 5.91 Å². The maximum Gasteiger partial charge on any atom is 0.250 e. The second kappa shape index (κ2) is 7.36. The van der Waals surface area contributed by atoms with E-state index in [1.807, 2.05) is 61.5 Å². The molecule has 0 bridgehead atoms. The number of hydrogen-bond donors (Lipinski definition) is 2. The second-order valence-electron chi connectivity index (χ2n) is 4.55. The lowest BCUT2D eigenvalue weighted by Gasteiger charge is -2.08. The van der Waals surface area contributed by atoms with Gasteiger partial charge in [0.15, 0.2) is 5.11 Å². The molecule has 0 saturated heterocycles. The van der Waals surface area contributed by atoms with Gasteiger partial charge in [-0.15, -0.1) is 0 Å². The summed E-state index contributed by atoms with van der Waals surface area (Å²) < 4.78 is 0. The van der Waals surface area contributed by atoms with Gasteiger partial charge in [0, 0.05) is 11.8 Å². The first-order valence-electron chi connectivity index (χ1n) is 6.55. The van der Waals surface area contributed by atoms with E-state index in [0.29, 0.717) is 0 Å². The van der Waals surface area contributed by atoms with E-state index in [1.54, 1.807) is 6.08 Å². The van der Waals surface area contributed by atoms with Crippen molar-refractivity contribution in [2.24, 2.45) is 0 Å². The lowest BCUT2D eigenvalue weighted by molar-refractivity contribution is -0.115. The molecule has 0 unspecified atom stereocenters. The van der Waals surface area contributed by atoms with E-state index in [1.165, 1.54) is 11.6 Å². The van der Waals surface area contributed by atoms with Crippen molar-refractivity contribution in [2.75, 3.05) is 5.32 Å². The van der Waals surface area contributed by atoms with Crippen LogP contribution in [0.15, 0.2) is 60.7 Å². The van der Waals surface area contributed by atoms with Gasteiger partial charge in [-0.05, 0) is 42.9 Å². The maximum atomic E-state index is 11.7. The molecule has 2 rings (SSSR count). The fourth-order valence-corrected chi connectivity index (χ4v) is 1.91. The molecule has 0 fully saturated rings. The quantitative estimate of drug-likeness (QED) is 0.672. The van der Waals surface area contributed by atoms with Crippen LogP contribution < -0.4 is 10.6 Å². The van der Waals surface area contributed by atoms with Gasteiger partial charge in [-0.25, -0.2) is 0 Å². The highest BCUT2D eigenvalue weighted by Gasteiger charge is 2.01. The summed E-state index contributed by atoms with van der Waals surface area (Å²) in [5.74, 6) is -0.261. The largest absolute Gasteiger partial charge is 0.332 e. The zero-order chi connectivity index (χ0) is 15.1. The maximum absolute atomic E-state index is 11.7. The van der Waals surface area contributed by atoms with Crippen molar-refractivity contribution in [3.8, 4) is 0 Å². The van der Waals surface area contributed by atoms with Crippen molar-refractivity contribution in [3.05, 3.63) is 71.8 Å². The summed E-state index contributed by atoms with van der Waals surface area (Å²) in [6.45, 7) is 2.01. The van der Waals surface area contributed by atoms with Crippen LogP contribution in [0.1, 0.15) is 11.1 Å². The Morgan fingerprint density at radius 3 is 2.38 bits per heavy atom. The highest BCUT2D eigenvalue weighted by Crippen LogP contribution is 2.08. The van der Waals surface area contributed by atoms with Gasteiger partial charge in [0.25, 0.3) is 0 Å². The smallest absolute Gasteiger partial charge is 0.250 e. The van der Waals surface area contributed by atoms with Crippen LogP contribution in [0.2, 0.25) is 0 Å². The SMILES string of the molecule is Cc1ccc(NC(=S)NC(=O)/C=C/c2ccccc2)cc1.